The Morgan fingerprint density at radius 2 is 2.07 bits per heavy atom. The molecule has 1 heterocycles. The van der Waals surface area contributed by atoms with Crippen LogP contribution in [0, 0.1) is 0 Å². The maximum atomic E-state index is 11.0. The van der Waals surface area contributed by atoms with E-state index in [1.54, 1.807) is 0 Å². The number of unbranched alkanes of at least 4 members (excludes halogenated alkanes) is 2. The van der Waals surface area contributed by atoms with Crippen LogP contribution in [0.1, 0.15) is 31.1 Å². The summed E-state index contributed by atoms with van der Waals surface area (Å²) in [4.78, 5) is 1.25. The maximum absolute atomic E-state index is 11.0. The molecule has 3 nitrogen and oxygen atoms in total. The lowest BCUT2D eigenvalue weighted by Gasteiger charge is -1.98. The predicted molar refractivity (Wildman–Crippen MR) is 66.0 cm³/mol. The molecule has 0 saturated carbocycles. The summed E-state index contributed by atoms with van der Waals surface area (Å²) in [5, 5.41) is 0.712. The normalized spacial score (nSPS) is 11.6. The molecule has 0 aliphatic heterocycles. The van der Waals surface area contributed by atoms with Crippen molar-refractivity contribution in [3.63, 3.8) is 0 Å². The number of sulfonamides is 1. The van der Waals surface area contributed by atoms with Gasteiger partial charge in [0.25, 0.3) is 0 Å². The van der Waals surface area contributed by atoms with E-state index in [-0.39, 0.29) is 0 Å². The summed E-state index contributed by atoms with van der Waals surface area (Å²) >= 11 is 1.52. The van der Waals surface area contributed by atoms with Crippen LogP contribution in [0.15, 0.2) is 12.1 Å². The first-order chi connectivity index (χ1) is 7.01. The molecule has 0 bridgehead atoms. The van der Waals surface area contributed by atoms with Crippen molar-refractivity contribution in [2.75, 3.05) is 11.0 Å². The van der Waals surface area contributed by atoms with Gasteiger partial charge >= 0.3 is 0 Å². The van der Waals surface area contributed by atoms with Gasteiger partial charge in [-0.2, -0.15) is 0 Å². The van der Waals surface area contributed by atoms with Gasteiger partial charge in [0.05, 0.1) is 6.26 Å². The number of anilines is 1. The van der Waals surface area contributed by atoms with Crippen LogP contribution in [-0.2, 0) is 16.4 Å². The number of rotatable bonds is 6. The van der Waals surface area contributed by atoms with E-state index in [1.165, 1.54) is 41.7 Å². The van der Waals surface area contributed by atoms with Crippen LogP contribution < -0.4 is 4.72 Å². The summed E-state index contributed by atoms with van der Waals surface area (Å²) in [5.41, 5.74) is 0. The molecule has 0 unspecified atom stereocenters. The molecule has 0 fully saturated rings. The third kappa shape index (κ3) is 5.18. The fourth-order valence-electron chi connectivity index (χ4n) is 1.30. The molecule has 0 spiro atoms. The molecule has 0 saturated heterocycles. The summed E-state index contributed by atoms with van der Waals surface area (Å²) in [6.07, 6.45) is 5.83. The Morgan fingerprint density at radius 3 is 2.67 bits per heavy atom. The zero-order valence-corrected chi connectivity index (χ0v) is 10.7. The van der Waals surface area contributed by atoms with Gasteiger partial charge in [0.2, 0.25) is 10.0 Å². The van der Waals surface area contributed by atoms with Crippen LogP contribution in [0.25, 0.3) is 0 Å². The molecule has 1 N–H and O–H groups in total. The molecular weight excluding hydrogens is 230 g/mol. The Bertz CT molecular complexity index is 395. The molecular formula is C10H17NO2S2. The first-order valence-corrected chi connectivity index (χ1v) is 7.78. The minimum Gasteiger partial charge on any atom is -0.275 e. The first-order valence-electron chi connectivity index (χ1n) is 5.08. The largest absolute Gasteiger partial charge is 0.275 e. The molecule has 0 aliphatic carbocycles. The molecule has 0 radical (unpaired) electrons. The zero-order valence-electron chi connectivity index (χ0n) is 9.12. The van der Waals surface area contributed by atoms with E-state index in [0.717, 1.165) is 6.42 Å². The fraction of sp³-hybridized carbons (Fsp3) is 0.600. The second-order valence-corrected chi connectivity index (χ2v) is 6.51. The van der Waals surface area contributed by atoms with Crippen molar-refractivity contribution in [2.45, 2.75) is 32.6 Å². The van der Waals surface area contributed by atoms with Gasteiger partial charge in [0, 0.05) is 4.88 Å². The van der Waals surface area contributed by atoms with Gasteiger partial charge in [-0.05, 0) is 25.0 Å². The molecule has 86 valence electrons. The third-order valence-corrected chi connectivity index (χ3v) is 3.75. The van der Waals surface area contributed by atoms with Gasteiger partial charge < -0.3 is 0 Å². The SMILES string of the molecule is CCCCCc1ccc(NS(C)(=O)=O)s1. The highest BCUT2D eigenvalue weighted by molar-refractivity contribution is 7.92. The number of hydrogen-bond donors (Lipinski definition) is 1. The topological polar surface area (TPSA) is 46.2 Å². The van der Waals surface area contributed by atoms with Crippen molar-refractivity contribution in [2.24, 2.45) is 0 Å². The van der Waals surface area contributed by atoms with Crippen molar-refractivity contribution in [3.8, 4) is 0 Å². The van der Waals surface area contributed by atoms with Crippen LogP contribution in [0.5, 0.6) is 0 Å². The lowest BCUT2D eigenvalue weighted by atomic mass is 10.2. The van der Waals surface area contributed by atoms with Gasteiger partial charge in [-0.1, -0.05) is 19.8 Å². The standard InChI is InChI=1S/C10H17NO2S2/c1-3-4-5-6-9-7-8-10(14-9)11-15(2,12)13/h7-8,11H,3-6H2,1-2H3. The second kappa shape index (κ2) is 5.51. The Morgan fingerprint density at radius 1 is 1.33 bits per heavy atom. The summed E-state index contributed by atoms with van der Waals surface area (Å²) in [6, 6.07) is 3.82. The average molecular weight is 247 g/mol. The van der Waals surface area contributed by atoms with Crippen molar-refractivity contribution in [3.05, 3.63) is 17.0 Å². The Kier molecular flexibility index (Phi) is 4.60. The highest BCUT2D eigenvalue weighted by Gasteiger charge is 2.04. The van der Waals surface area contributed by atoms with Crippen LogP contribution in [0.4, 0.5) is 5.00 Å². The van der Waals surface area contributed by atoms with Gasteiger partial charge in [0.15, 0.2) is 0 Å². The molecule has 5 heteroatoms. The number of thiophene rings is 1. The monoisotopic (exact) mass is 247 g/mol. The smallest absolute Gasteiger partial charge is 0.230 e. The van der Waals surface area contributed by atoms with E-state index < -0.39 is 10.0 Å². The van der Waals surface area contributed by atoms with Gasteiger partial charge in [-0.3, -0.25) is 4.72 Å². The van der Waals surface area contributed by atoms with Crippen LogP contribution >= 0.6 is 11.3 Å². The van der Waals surface area contributed by atoms with Crippen molar-refractivity contribution >= 4 is 26.4 Å². The zero-order chi connectivity index (χ0) is 11.3. The molecule has 1 rings (SSSR count). The molecule has 0 amide bonds. The Labute approximate surface area is 95.6 Å². The summed E-state index contributed by atoms with van der Waals surface area (Å²) in [5.74, 6) is 0. The Balaban J connectivity index is 2.49. The van der Waals surface area contributed by atoms with Gasteiger partial charge in [0.1, 0.15) is 5.00 Å². The molecule has 1 aromatic heterocycles. The van der Waals surface area contributed by atoms with Crippen LogP contribution in [0.3, 0.4) is 0 Å². The first kappa shape index (κ1) is 12.5. The van der Waals surface area contributed by atoms with Crippen LogP contribution in [0.2, 0.25) is 0 Å². The minimum atomic E-state index is -3.13. The van der Waals surface area contributed by atoms with E-state index in [4.69, 9.17) is 0 Å². The van der Waals surface area contributed by atoms with Crippen molar-refractivity contribution in [1.29, 1.82) is 0 Å². The van der Waals surface area contributed by atoms with Gasteiger partial charge in [-0.15, -0.1) is 11.3 Å². The number of hydrogen-bond acceptors (Lipinski definition) is 3. The quantitative estimate of drug-likeness (QED) is 0.786. The van der Waals surface area contributed by atoms with E-state index in [1.807, 2.05) is 12.1 Å². The van der Waals surface area contributed by atoms with Crippen LogP contribution in [-0.4, -0.2) is 14.7 Å². The summed E-state index contributed by atoms with van der Waals surface area (Å²) < 4.78 is 24.4. The number of nitrogens with one attached hydrogen (secondary N) is 1. The molecule has 1 aromatic rings. The highest BCUT2D eigenvalue weighted by Crippen LogP contribution is 2.24. The second-order valence-electron chi connectivity index (χ2n) is 3.60. The summed E-state index contributed by atoms with van der Waals surface area (Å²) in [6.45, 7) is 2.17. The Hall–Kier alpha value is -0.550. The molecule has 0 aromatic carbocycles. The van der Waals surface area contributed by atoms with Crippen molar-refractivity contribution in [1.82, 2.24) is 0 Å². The van der Waals surface area contributed by atoms with Gasteiger partial charge in [-0.25, -0.2) is 8.42 Å². The van der Waals surface area contributed by atoms with E-state index in [2.05, 4.69) is 11.6 Å². The fourth-order valence-corrected chi connectivity index (χ4v) is 3.15. The lowest BCUT2D eigenvalue weighted by Crippen LogP contribution is -2.07. The molecule has 0 aliphatic rings. The highest BCUT2D eigenvalue weighted by atomic mass is 32.2. The summed E-state index contributed by atoms with van der Waals surface area (Å²) in [7, 11) is -3.13. The molecule has 0 atom stereocenters. The molecule has 15 heavy (non-hydrogen) atoms. The van der Waals surface area contributed by atoms with E-state index in [9.17, 15) is 8.42 Å². The van der Waals surface area contributed by atoms with E-state index in [0.29, 0.717) is 5.00 Å². The van der Waals surface area contributed by atoms with E-state index >= 15 is 0 Å². The average Bonchev–Trinajstić information content (AvgIpc) is 2.50. The lowest BCUT2D eigenvalue weighted by molar-refractivity contribution is 0.607. The number of aryl methyl sites for hydroxylation is 1. The third-order valence-electron chi connectivity index (χ3n) is 1.97. The van der Waals surface area contributed by atoms with Crippen molar-refractivity contribution < 1.29 is 8.42 Å². The predicted octanol–water partition coefficient (Wildman–Crippen LogP) is 2.85. The maximum Gasteiger partial charge on any atom is 0.230 e. The minimum absolute atomic E-state index is 0.712.